The summed E-state index contributed by atoms with van der Waals surface area (Å²) in [5.74, 6) is 0.418. The molecule has 0 amide bonds. The molecule has 0 bridgehead atoms. The van der Waals surface area contributed by atoms with Gasteiger partial charge in [0.1, 0.15) is 11.0 Å². The summed E-state index contributed by atoms with van der Waals surface area (Å²) in [5.41, 5.74) is 11.0. The SMILES string of the molecule is CCCCOc1nc(N)c2[nH]cc(Cc3ccc(CN4CCCC4)nc3)c2n1.O=CO. The van der Waals surface area contributed by atoms with Crippen LogP contribution in [0.3, 0.4) is 0 Å². The number of H-pyrrole nitrogens is 1. The van der Waals surface area contributed by atoms with Gasteiger partial charge in [-0.05, 0) is 44.0 Å². The lowest BCUT2D eigenvalue weighted by atomic mass is 10.1. The molecule has 4 heterocycles. The number of anilines is 1. The van der Waals surface area contributed by atoms with Crippen LogP contribution in [0.1, 0.15) is 49.4 Å². The summed E-state index contributed by atoms with van der Waals surface area (Å²) in [6.07, 6.45) is 9.28. The predicted octanol–water partition coefficient (Wildman–Crippen LogP) is 3.00. The lowest BCUT2D eigenvalue weighted by molar-refractivity contribution is -0.122. The van der Waals surface area contributed by atoms with Crippen molar-refractivity contribution in [3.63, 3.8) is 0 Å². The Morgan fingerprint density at radius 1 is 1.29 bits per heavy atom. The number of carboxylic acid groups (broad SMARTS) is 1. The van der Waals surface area contributed by atoms with E-state index in [1.165, 1.54) is 25.9 Å². The quantitative estimate of drug-likeness (QED) is 0.370. The van der Waals surface area contributed by atoms with Crippen LogP contribution in [0, 0.1) is 0 Å². The number of nitrogens with one attached hydrogen (secondary N) is 1. The van der Waals surface area contributed by atoms with E-state index < -0.39 is 0 Å². The van der Waals surface area contributed by atoms with Crippen LogP contribution < -0.4 is 10.5 Å². The molecule has 3 aromatic heterocycles. The number of fused-ring (bicyclic) bond motifs is 1. The topological polar surface area (TPSA) is 130 Å². The third-order valence-electron chi connectivity index (χ3n) is 5.21. The van der Waals surface area contributed by atoms with Crippen LogP contribution in [-0.2, 0) is 17.8 Å². The van der Waals surface area contributed by atoms with Crippen LogP contribution in [0.15, 0.2) is 24.5 Å². The minimum atomic E-state index is -0.250. The Morgan fingerprint density at radius 3 is 2.74 bits per heavy atom. The molecule has 1 saturated heterocycles. The van der Waals surface area contributed by atoms with Gasteiger partial charge in [0, 0.05) is 30.9 Å². The van der Waals surface area contributed by atoms with Crippen LogP contribution in [-0.4, -0.2) is 56.1 Å². The number of ether oxygens (including phenoxy) is 1. The van der Waals surface area contributed by atoms with E-state index in [4.69, 9.17) is 20.4 Å². The monoisotopic (exact) mass is 426 g/mol. The lowest BCUT2D eigenvalue weighted by Gasteiger charge is -2.13. The van der Waals surface area contributed by atoms with Gasteiger partial charge in [-0.1, -0.05) is 19.4 Å². The summed E-state index contributed by atoms with van der Waals surface area (Å²) >= 11 is 0. The number of hydrogen-bond acceptors (Lipinski definition) is 7. The molecule has 0 saturated carbocycles. The molecule has 166 valence electrons. The summed E-state index contributed by atoms with van der Waals surface area (Å²) in [5, 5.41) is 6.89. The highest BCUT2D eigenvalue weighted by Crippen LogP contribution is 2.25. The van der Waals surface area contributed by atoms with E-state index >= 15 is 0 Å². The first-order chi connectivity index (χ1) is 15.1. The van der Waals surface area contributed by atoms with Crippen molar-refractivity contribution in [2.24, 2.45) is 0 Å². The average Bonchev–Trinajstić information content (AvgIpc) is 3.41. The molecule has 3 aromatic rings. The number of nitrogens with two attached hydrogens (primary N) is 1. The standard InChI is InChI=1S/C21H28N6O.CH2O2/c1-2-3-10-28-21-25-18-16(13-24-19(18)20(22)26-21)11-15-6-7-17(23-12-15)14-27-8-4-5-9-27;2-1-3/h6-7,12-13,24H,2-5,8-11,14H2,1H3,(H2,22,25,26);1H,(H,2,3). The molecule has 9 heteroatoms. The molecule has 0 atom stereocenters. The van der Waals surface area contributed by atoms with Gasteiger partial charge in [0.2, 0.25) is 0 Å². The number of likely N-dealkylation sites (tertiary alicyclic amines) is 1. The van der Waals surface area contributed by atoms with Crippen LogP contribution in [0.25, 0.3) is 11.0 Å². The van der Waals surface area contributed by atoms with Gasteiger partial charge >= 0.3 is 6.01 Å². The van der Waals surface area contributed by atoms with Crippen molar-refractivity contribution < 1.29 is 14.6 Å². The van der Waals surface area contributed by atoms with Crippen LogP contribution in [0.5, 0.6) is 6.01 Å². The zero-order chi connectivity index (χ0) is 22.1. The maximum atomic E-state index is 8.36. The second kappa shape index (κ2) is 11.3. The Labute approximate surface area is 181 Å². The van der Waals surface area contributed by atoms with Crippen molar-refractivity contribution in [1.82, 2.24) is 24.8 Å². The number of nitrogen functional groups attached to an aromatic ring is 1. The van der Waals surface area contributed by atoms with Crippen molar-refractivity contribution in [3.05, 3.63) is 41.3 Å². The maximum absolute atomic E-state index is 8.36. The molecule has 9 nitrogen and oxygen atoms in total. The highest BCUT2D eigenvalue weighted by molar-refractivity contribution is 5.87. The van der Waals surface area contributed by atoms with Crippen molar-refractivity contribution >= 4 is 23.3 Å². The minimum Gasteiger partial charge on any atom is -0.483 e. The van der Waals surface area contributed by atoms with Crippen molar-refractivity contribution in [2.45, 2.75) is 45.6 Å². The number of aromatic amines is 1. The van der Waals surface area contributed by atoms with Gasteiger partial charge in [-0.25, -0.2) is 0 Å². The molecule has 31 heavy (non-hydrogen) atoms. The molecule has 1 aliphatic heterocycles. The van der Waals surface area contributed by atoms with E-state index in [2.05, 4.69) is 43.9 Å². The maximum Gasteiger partial charge on any atom is 0.319 e. The highest BCUT2D eigenvalue weighted by Gasteiger charge is 2.14. The van der Waals surface area contributed by atoms with Gasteiger partial charge in [-0.15, -0.1) is 0 Å². The fraction of sp³-hybridized carbons (Fsp3) is 0.455. The van der Waals surface area contributed by atoms with Crippen molar-refractivity contribution in [3.8, 4) is 6.01 Å². The summed E-state index contributed by atoms with van der Waals surface area (Å²) in [7, 11) is 0. The van der Waals surface area contributed by atoms with Crippen LogP contribution in [0.4, 0.5) is 5.82 Å². The van der Waals surface area contributed by atoms with Crippen molar-refractivity contribution in [2.75, 3.05) is 25.4 Å². The number of carbonyl (C=O) groups is 1. The molecule has 1 aliphatic rings. The Hall–Kier alpha value is -3.20. The van der Waals surface area contributed by atoms with Gasteiger partial charge in [-0.2, -0.15) is 9.97 Å². The first-order valence-corrected chi connectivity index (χ1v) is 10.6. The van der Waals surface area contributed by atoms with Crippen molar-refractivity contribution in [1.29, 1.82) is 0 Å². The first kappa shape index (κ1) is 22.5. The third kappa shape index (κ3) is 6.14. The molecule has 0 aromatic carbocycles. The summed E-state index contributed by atoms with van der Waals surface area (Å²) in [4.78, 5) is 27.5. The van der Waals surface area contributed by atoms with E-state index in [1.807, 2.05) is 12.4 Å². The number of nitrogens with zero attached hydrogens (tertiary/aromatic N) is 4. The Kier molecular flexibility index (Phi) is 8.17. The number of pyridine rings is 1. The molecule has 4 N–H and O–H groups in total. The summed E-state index contributed by atoms with van der Waals surface area (Å²) in [6.45, 7) is 5.78. The molecule has 0 radical (unpaired) electrons. The van der Waals surface area contributed by atoms with Crippen LogP contribution in [0.2, 0.25) is 0 Å². The minimum absolute atomic E-state index is 0.250. The van der Waals surface area contributed by atoms with Gasteiger partial charge in [0.25, 0.3) is 6.47 Å². The average molecular weight is 427 g/mol. The van der Waals surface area contributed by atoms with Gasteiger partial charge in [0.05, 0.1) is 12.3 Å². The second-order valence-electron chi connectivity index (χ2n) is 7.55. The molecule has 0 unspecified atom stereocenters. The number of unbranched alkanes of at least 4 members (excludes halogenated alkanes) is 1. The number of rotatable bonds is 8. The smallest absolute Gasteiger partial charge is 0.319 e. The zero-order valence-corrected chi connectivity index (χ0v) is 17.9. The Morgan fingerprint density at radius 2 is 2.06 bits per heavy atom. The van der Waals surface area contributed by atoms with Crippen LogP contribution >= 0.6 is 0 Å². The lowest BCUT2D eigenvalue weighted by Crippen LogP contribution is -2.19. The molecule has 0 aliphatic carbocycles. The van der Waals surface area contributed by atoms with E-state index in [0.717, 1.165) is 53.7 Å². The van der Waals surface area contributed by atoms with Gasteiger partial charge in [-0.3, -0.25) is 14.7 Å². The zero-order valence-electron chi connectivity index (χ0n) is 17.9. The van der Waals surface area contributed by atoms with Gasteiger partial charge < -0.3 is 20.6 Å². The van der Waals surface area contributed by atoms with E-state index in [0.29, 0.717) is 18.4 Å². The largest absolute Gasteiger partial charge is 0.483 e. The second-order valence-corrected chi connectivity index (χ2v) is 7.55. The fourth-order valence-corrected chi connectivity index (χ4v) is 3.61. The Balaban J connectivity index is 0.000000858. The van der Waals surface area contributed by atoms with E-state index in [-0.39, 0.29) is 6.47 Å². The Bertz CT molecular complexity index is 967. The normalized spacial score (nSPS) is 13.7. The third-order valence-corrected chi connectivity index (χ3v) is 5.21. The molecular formula is C22H30N6O3. The predicted molar refractivity (Wildman–Crippen MR) is 119 cm³/mol. The number of hydrogen-bond donors (Lipinski definition) is 3. The highest BCUT2D eigenvalue weighted by atomic mass is 16.5. The summed E-state index contributed by atoms with van der Waals surface area (Å²) in [6, 6.07) is 4.63. The number of aromatic nitrogens is 4. The van der Waals surface area contributed by atoms with E-state index in [9.17, 15) is 0 Å². The molecule has 4 rings (SSSR count). The van der Waals surface area contributed by atoms with Gasteiger partial charge in [0.15, 0.2) is 5.82 Å². The molecule has 0 spiro atoms. The summed E-state index contributed by atoms with van der Waals surface area (Å²) < 4.78 is 5.66. The first-order valence-electron chi connectivity index (χ1n) is 10.6. The molecule has 1 fully saturated rings. The molecular weight excluding hydrogens is 396 g/mol. The van der Waals surface area contributed by atoms with E-state index in [1.54, 1.807) is 0 Å². The fourth-order valence-electron chi connectivity index (χ4n) is 3.61.